The van der Waals surface area contributed by atoms with Gasteiger partial charge in [0.25, 0.3) is 5.69 Å². The standard InChI is InChI=1S/C19H13N3O2/c23-22(24)16-11-5-4-10-15(16)19-20-18(14-8-2-1-3-9-14)17-12-6-7-13-21(17)19/h1-13H. The highest BCUT2D eigenvalue weighted by Crippen LogP contribution is 2.33. The lowest BCUT2D eigenvalue weighted by molar-refractivity contribution is -0.384. The van der Waals surface area contributed by atoms with Gasteiger partial charge in [0, 0.05) is 17.8 Å². The van der Waals surface area contributed by atoms with E-state index in [0.717, 1.165) is 16.8 Å². The van der Waals surface area contributed by atoms with E-state index in [2.05, 4.69) is 0 Å². The molecule has 4 aromatic rings. The van der Waals surface area contributed by atoms with Crippen molar-refractivity contribution in [1.82, 2.24) is 9.38 Å². The Hall–Kier alpha value is -3.47. The normalized spacial score (nSPS) is 10.8. The number of hydrogen-bond donors (Lipinski definition) is 0. The summed E-state index contributed by atoms with van der Waals surface area (Å²) in [6.45, 7) is 0. The number of nitro benzene ring substituents is 1. The summed E-state index contributed by atoms with van der Waals surface area (Å²) in [6.07, 6.45) is 1.88. The monoisotopic (exact) mass is 315 g/mol. The van der Waals surface area contributed by atoms with Crippen molar-refractivity contribution in [3.63, 3.8) is 0 Å². The average Bonchev–Trinajstić information content (AvgIpc) is 3.02. The van der Waals surface area contributed by atoms with Gasteiger partial charge in [-0.3, -0.25) is 14.5 Å². The van der Waals surface area contributed by atoms with E-state index < -0.39 is 0 Å². The lowest BCUT2D eigenvalue weighted by atomic mass is 10.1. The third kappa shape index (κ3) is 2.23. The fourth-order valence-corrected chi connectivity index (χ4v) is 2.86. The summed E-state index contributed by atoms with van der Waals surface area (Å²) in [6, 6.07) is 22.3. The molecule has 0 fully saturated rings. The summed E-state index contributed by atoms with van der Waals surface area (Å²) in [5, 5.41) is 11.4. The van der Waals surface area contributed by atoms with E-state index in [9.17, 15) is 10.1 Å². The Morgan fingerprint density at radius 2 is 1.58 bits per heavy atom. The Labute approximate surface area is 138 Å². The van der Waals surface area contributed by atoms with Crippen LogP contribution in [0.3, 0.4) is 0 Å². The Balaban J connectivity index is 2.04. The summed E-state index contributed by atoms with van der Waals surface area (Å²) < 4.78 is 1.89. The van der Waals surface area contributed by atoms with E-state index in [1.165, 1.54) is 6.07 Å². The Morgan fingerprint density at radius 3 is 2.38 bits per heavy atom. The number of nitrogens with zero attached hydrogens (tertiary/aromatic N) is 3. The Kier molecular flexibility index (Phi) is 3.31. The fraction of sp³-hybridized carbons (Fsp3) is 0. The van der Waals surface area contributed by atoms with Crippen LogP contribution in [0.5, 0.6) is 0 Å². The van der Waals surface area contributed by atoms with Crippen molar-refractivity contribution < 1.29 is 4.92 Å². The molecule has 0 unspecified atom stereocenters. The predicted molar refractivity (Wildman–Crippen MR) is 92.7 cm³/mol. The zero-order chi connectivity index (χ0) is 16.5. The molecule has 0 atom stereocenters. The van der Waals surface area contributed by atoms with Crippen LogP contribution in [0.15, 0.2) is 79.0 Å². The summed E-state index contributed by atoms with van der Waals surface area (Å²) in [4.78, 5) is 15.7. The van der Waals surface area contributed by atoms with Crippen LogP contribution in [0.25, 0.3) is 28.2 Å². The van der Waals surface area contributed by atoms with Gasteiger partial charge in [0.2, 0.25) is 0 Å². The van der Waals surface area contributed by atoms with Crippen LogP contribution < -0.4 is 0 Å². The van der Waals surface area contributed by atoms with Crippen molar-refractivity contribution in [2.24, 2.45) is 0 Å². The van der Waals surface area contributed by atoms with Crippen LogP contribution >= 0.6 is 0 Å². The maximum Gasteiger partial charge on any atom is 0.280 e. The molecule has 0 saturated heterocycles. The number of hydrogen-bond acceptors (Lipinski definition) is 3. The number of fused-ring (bicyclic) bond motifs is 1. The van der Waals surface area contributed by atoms with Gasteiger partial charge in [0.05, 0.1) is 21.7 Å². The molecule has 0 bridgehead atoms. The molecule has 24 heavy (non-hydrogen) atoms. The summed E-state index contributed by atoms with van der Waals surface area (Å²) in [7, 11) is 0. The van der Waals surface area contributed by atoms with E-state index in [-0.39, 0.29) is 10.6 Å². The van der Waals surface area contributed by atoms with Crippen molar-refractivity contribution in [2.45, 2.75) is 0 Å². The summed E-state index contributed by atoms with van der Waals surface area (Å²) in [5.74, 6) is 0.566. The van der Waals surface area contributed by atoms with Crippen LogP contribution in [0.4, 0.5) is 5.69 Å². The van der Waals surface area contributed by atoms with Crippen LogP contribution in [0, 0.1) is 10.1 Å². The SMILES string of the molecule is O=[N+]([O-])c1ccccc1-c1nc(-c2ccccc2)c2ccccn12. The van der Waals surface area contributed by atoms with E-state index in [4.69, 9.17) is 4.98 Å². The molecule has 2 aromatic carbocycles. The van der Waals surface area contributed by atoms with Gasteiger partial charge in [-0.25, -0.2) is 4.98 Å². The van der Waals surface area contributed by atoms with Crippen LogP contribution in [-0.2, 0) is 0 Å². The summed E-state index contributed by atoms with van der Waals surface area (Å²) >= 11 is 0. The van der Waals surface area contributed by atoms with Crippen molar-refractivity contribution in [3.05, 3.63) is 89.1 Å². The second kappa shape index (κ2) is 5.62. The molecule has 0 aliphatic heterocycles. The number of nitro groups is 1. The molecule has 116 valence electrons. The fourth-order valence-electron chi connectivity index (χ4n) is 2.86. The number of rotatable bonds is 3. The topological polar surface area (TPSA) is 60.4 Å². The van der Waals surface area contributed by atoms with Crippen molar-refractivity contribution in [2.75, 3.05) is 0 Å². The number of imidazole rings is 1. The molecular formula is C19H13N3O2. The third-order valence-corrected chi connectivity index (χ3v) is 3.94. The zero-order valence-electron chi connectivity index (χ0n) is 12.7. The lowest BCUT2D eigenvalue weighted by Crippen LogP contribution is -1.95. The first-order valence-corrected chi connectivity index (χ1v) is 7.52. The van der Waals surface area contributed by atoms with Crippen LogP contribution in [0.1, 0.15) is 0 Å². The molecule has 0 saturated carbocycles. The molecule has 0 radical (unpaired) electrons. The van der Waals surface area contributed by atoms with Gasteiger partial charge in [0.15, 0.2) is 5.82 Å². The Bertz CT molecular complexity index is 1040. The highest BCUT2D eigenvalue weighted by molar-refractivity contribution is 5.83. The number of benzene rings is 2. The average molecular weight is 315 g/mol. The van der Waals surface area contributed by atoms with Gasteiger partial charge < -0.3 is 0 Å². The van der Waals surface area contributed by atoms with Gasteiger partial charge in [-0.1, -0.05) is 48.5 Å². The minimum atomic E-state index is -0.373. The smallest absolute Gasteiger partial charge is 0.280 e. The quantitative estimate of drug-likeness (QED) is 0.411. The first kappa shape index (κ1) is 14.1. The second-order valence-corrected chi connectivity index (χ2v) is 5.38. The van der Waals surface area contributed by atoms with Crippen LogP contribution in [0.2, 0.25) is 0 Å². The van der Waals surface area contributed by atoms with Gasteiger partial charge >= 0.3 is 0 Å². The zero-order valence-corrected chi connectivity index (χ0v) is 12.7. The maximum absolute atomic E-state index is 11.4. The first-order chi connectivity index (χ1) is 11.8. The molecule has 0 N–H and O–H groups in total. The maximum atomic E-state index is 11.4. The largest absolute Gasteiger partial charge is 0.299 e. The lowest BCUT2D eigenvalue weighted by Gasteiger charge is -2.02. The molecule has 0 amide bonds. The minimum absolute atomic E-state index is 0.0489. The van der Waals surface area contributed by atoms with Gasteiger partial charge in [-0.15, -0.1) is 0 Å². The Morgan fingerprint density at radius 1 is 0.875 bits per heavy atom. The molecule has 2 aromatic heterocycles. The van der Waals surface area contributed by atoms with E-state index in [0.29, 0.717) is 11.4 Å². The van der Waals surface area contributed by atoms with Crippen LogP contribution in [-0.4, -0.2) is 14.3 Å². The molecule has 0 spiro atoms. The predicted octanol–water partition coefficient (Wildman–Crippen LogP) is 4.58. The number of para-hydroxylation sites is 1. The molecule has 0 aliphatic carbocycles. The van der Waals surface area contributed by atoms with E-state index >= 15 is 0 Å². The number of aromatic nitrogens is 2. The van der Waals surface area contributed by atoms with Gasteiger partial charge in [-0.2, -0.15) is 0 Å². The van der Waals surface area contributed by atoms with Crippen molar-refractivity contribution >= 4 is 11.2 Å². The molecule has 5 nitrogen and oxygen atoms in total. The molecule has 4 rings (SSSR count). The van der Waals surface area contributed by atoms with Gasteiger partial charge in [-0.05, 0) is 18.2 Å². The van der Waals surface area contributed by atoms with Crippen molar-refractivity contribution in [1.29, 1.82) is 0 Å². The molecule has 0 aliphatic rings. The number of pyridine rings is 1. The van der Waals surface area contributed by atoms with E-state index in [1.54, 1.807) is 18.2 Å². The molecule has 5 heteroatoms. The van der Waals surface area contributed by atoms with Gasteiger partial charge in [0.1, 0.15) is 0 Å². The van der Waals surface area contributed by atoms with Crippen molar-refractivity contribution in [3.8, 4) is 22.6 Å². The highest BCUT2D eigenvalue weighted by Gasteiger charge is 2.20. The first-order valence-electron chi connectivity index (χ1n) is 7.52. The molecule has 2 heterocycles. The minimum Gasteiger partial charge on any atom is -0.299 e. The highest BCUT2D eigenvalue weighted by atomic mass is 16.6. The second-order valence-electron chi connectivity index (χ2n) is 5.38. The molecular weight excluding hydrogens is 302 g/mol. The summed E-state index contributed by atoms with van der Waals surface area (Å²) in [5.41, 5.74) is 3.26. The van der Waals surface area contributed by atoms with E-state index in [1.807, 2.05) is 59.1 Å². The third-order valence-electron chi connectivity index (χ3n) is 3.94.